The number of ether oxygens (including phenoxy) is 2. The molecule has 2 fully saturated rings. The van der Waals surface area contributed by atoms with E-state index in [4.69, 9.17) is 9.47 Å². The quantitative estimate of drug-likeness (QED) is 0.281. The maximum Gasteiger partial charge on any atom is 0.228 e. The maximum absolute atomic E-state index is 13.9. The lowest BCUT2D eigenvalue weighted by atomic mass is 9.67. The minimum atomic E-state index is -0.391. The van der Waals surface area contributed by atoms with Crippen molar-refractivity contribution in [2.24, 2.45) is 5.92 Å². The zero-order valence-electron chi connectivity index (χ0n) is 23.9. The van der Waals surface area contributed by atoms with Crippen LogP contribution < -0.4 is 14.4 Å². The number of hydrogen-bond donors (Lipinski definition) is 2. The van der Waals surface area contributed by atoms with E-state index >= 15 is 0 Å². The minimum Gasteiger partial charge on any atom is -0.497 e. The Morgan fingerprint density at radius 2 is 1.48 bits per heavy atom. The summed E-state index contributed by atoms with van der Waals surface area (Å²) in [5, 5.41) is 2.43. The molecule has 8 heteroatoms. The number of carbonyl (C=O) groups is 2. The van der Waals surface area contributed by atoms with Gasteiger partial charge in [0, 0.05) is 71.7 Å². The first-order chi connectivity index (χ1) is 20.5. The van der Waals surface area contributed by atoms with Crippen molar-refractivity contribution in [1.82, 2.24) is 14.9 Å². The molecular formula is C34H34N4O4. The van der Waals surface area contributed by atoms with E-state index in [1.54, 1.807) is 31.3 Å². The third-order valence-electron chi connectivity index (χ3n) is 9.29. The molecule has 2 aliphatic heterocycles. The molecule has 2 N–H and O–H groups in total. The van der Waals surface area contributed by atoms with Crippen LogP contribution in [0.3, 0.4) is 0 Å². The zero-order chi connectivity index (χ0) is 28.8. The Hall–Kier alpha value is -4.72. The molecule has 2 aromatic heterocycles. The van der Waals surface area contributed by atoms with Crippen LogP contribution in [0.5, 0.6) is 11.5 Å². The van der Waals surface area contributed by atoms with Crippen LogP contribution in [-0.2, 0) is 15.0 Å². The normalized spacial score (nSPS) is 18.6. The molecule has 2 amide bonds. The number of fused-ring (bicyclic) bond motifs is 2. The van der Waals surface area contributed by atoms with E-state index in [-0.39, 0.29) is 23.7 Å². The molecule has 7 rings (SSSR count). The van der Waals surface area contributed by atoms with Crippen LogP contribution in [-0.4, -0.2) is 60.5 Å². The largest absolute Gasteiger partial charge is 0.497 e. The highest BCUT2D eigenvalue weighted by atomic mass is 16.5. The first kappa shape index (κ1) is 26.2. The van der Waals surface area contributed by atoms with Crippen molar-refractivity contribution in [2.45, 2.75) is 24.7 Å². The number of anilines is 1. The number of nitrogens with zero attached hydrogens (tertiary/aromatic N) is 2. The Labute approximate surface area is 244 Å². The van der Waals surface area contributed by atoms with Gasteiger partial charge in [-0.05, 0) is 48.2 Å². The first-order valence-electron chi connectivity index (χ1n) is 14.5. The highest BCUT2D eigenvalue weighted by Gasteiger charge is 2.44. The lowest BCUT2D eigenvalue weighted by Gasteiger charge is -2.43. The number of para-hydroxylation sites is 2. The number of piperidine rings is 1. The molecule has 4 heterocycles. The number of H-pyrrole nitrogens is 2. The number of aromatic amines is 2. The molecule has 0 spiro atoms. The van der Waals surface area contributed by atoms with Gasteiger partial charge in [-0.2, -0.15) is 0 Å². The first-order valence-corrected chi connectivity index (χ1v) is 14.5. The third kappa shape index (κ3) is 4.12. The number of nitrogens with one attached hydrogen (secondary N) is 2. The Bertz CT molecular complexity index is 1720. The number of amides is 2. The summed E-state index contributed by atoms with van der Waals surface area (Å²) in [5.41, 5.74) is 5.17. The van der Waals surface area contributed by atoms with Gasteiger partial charge in [0.15, 0.2) is 0 Å². The molecule has 214 valence electrons. The van der Waals surface area contributed by atoms with E-state index in [1.807, 2.05) is 11.0 Å². The van der Waals surface area contributed by atoms with E-state index < -0.39 is 5.92 Å². The zero-order valence-corrected chi connectivity index (χ0v) is 23.9. The third-order valence-corrected chi connectivity index (χ3v) is 9.29. The highest BCUT2D eigenvalue weighted by Crippen LogP contribution is 2.47. The van der Waals surface area contributed by atoms with Crippen LogP contribution in [0.4, 0.5) is 5.69 Å². The molecule has 2 aliphatic rings. The summed E-state index contributed by atoms with van der Waals surface area (Å²) in [7, 11) is 3.16. The fraction of sp³-hybridized carbons (Fsp3) is 0.294. The van der Waals surface area contributed by atoms with Crippen molar-refractivity contribution in [3.05, 3.63) is 90.3 Å². The van der Waals surface area contributed by atoms with E-state index in [1.165, 1.54) is 21.9 Å². The lowest BCUT2D eigenvalue weighted by molar-refractivity contribution is -0.137. The second kappa shape index (κ2) is 10.3. The van der Waals surface area contributed by atoms with Gasteiger partial charge < -0.3 is 29.2 Å². The molecule has 0 aliphatic carbocycles. The summed E-state index contributed by atoms with van der Waals surface area (Å²) in [4.78, 5) is 37.6. The van der Waals surface area contributed by atoms with Gasteiger partial charge in [-0.15, -0.1) is 0 Å². The topological polar surface area (TPSA) is 90.7 Å². The molecule has 1 atom stereocenters. The lowest BCUT2D eigenvalue weighted by Crippen LogP contribution is -2.47. The van der Waals surface area contributed by atoms with Crippen molar-refractivity contribution < 1.29 is 19.1 Å². The SMILES string of the molecule is COc1ccc(N2CC(C(=O)N3CCC(c4c[nH]c5ccccc45)(c4c[nH]c5ccccc45)CC3)CC2=O)c(OC)c1. The summed E-state index contributed by atoms with van der Waals surface area (Å²) in [5.74, 6) is 0.789. The van der Waals surface area contributed by atoms with Gasteiger partial charge >= 0.3 is 0 Å². The fourth-order valence-corrected chi connectivity index (χ4v) is 7.10. The predicted octanol–water partition coefficient (Wildman–Crippen LogP) is 5.63. The van der Waals surface area contributed by atoms with Crippen molar-refractivity contribution in [3.8, 4) is 11.5 Å². The molecule has 2 saturated heterocycles. The van der Waals surface area contributed by atoms with Crippen LogP contribution in [0.25, 0.3) is 21.8 Å². The second-order valence-corrected chi connectivity index (χ2v) is 11.3. The maximum atomic E-state index is 13.9. The van der Waals surface area contributed by atoms with Gasteiger partial charge in [0.25, 0.3) is 0 Å². The summed E-state index contributed by atoms with van der Waals surface area (Å²) >= 11 is 0. The second-order valence-electron chi connectivity index (χ2n) is 11.3. The molecule has 1 unspecified atom stereocenters. The molecule has 42 heavy (non-hydrogen) atoms. The molecule has 0 radical (unpaired) electrons. The van der Waals surface area contributed by atoms with Crippen molar-refractivity contribution >= 4 is 39.3 Å². The monoisotopic (exact) mass is 562 g/mol. The summed E-state index contributed by atoms with van der Waals surface area (Å²) in [6.07, 6.45) is 6.08. The number of hydrogen-bond acceptors (Lipinski definition) is 4. The van der Waals surface area contributed by atoms with E-state index in [2.05, 4.69) is 70.9 Å². The van der Waals surface area contributed by atoms with Crippen LogP contribution in [0.1, 0.15) is 30.4 Å². The number of aromatic nitrogens is 2. The minimum absolute atomic E-state index is 0.0461. The van der Waals surface area contributed by atoms with Gasteiger partial charge in [0.2, 0.25) is 11.8 Å². The van der Waals surface area contributed by atoms with Gasteiger partial charge in [-0.3, -0.25) is 9.59 Å². The van der Waals surface area contributed by atoms with Crippen LogP contribution >= 0.6 is 0 Å². The molecule has 0 saturated carbocycles. The van der Waals surface area contributed by atoms with Crippen molar-refractivity contribution in [1.29, 1.82) is 0 Å². The Morgan fingerprint density at radius 3 is 2.07 bits per heavy atom. The molecular weight excluding hydrogens is 528 g/mol. The van der Waals surface area contributed by atoms with Gasteiger partial charge in [0.1, 0.15) is 11.5 Å². The van der Waals surface area contributed by atoms with Gasteiger partial charge in [0.05, 0.1) is 25.8 Å². The van der Waals surface area contributed by atoms with E-state index in [9.17, 15) is 9.59 Å². The summed E-state index contributed by atoms with van der Waals surface area (Å²) in [6.45, 7) is 1.58. The predicted molar refractivity (Wildman–Crippen MR) is 163 cm³/mol. The van der Waals surface area contributed by atoms with Crippen LogP contribution in [0, 0.1) is 5.92 Å². The average molecular weight is 563 g/mol. The Morgan fingerprint density at radius 1 is 0.857 bits per heavy atom. The number of benzene rings is 3. The number of methoxy groups -OCH3 is 2. The molecule has 8 nitrogen and oxygen atoms in total. The number of rotatable bonds is 6. The van der Waals surface area contributed by atoms with Gasteiger partial charge in [-0.1, -0.05) is 36.4 Å². The average Bonchev–Trinajstić information content (AvgIpc) is 3.77. The fourth-order valence-electron chi connectivity index (χ4n) is 7.10. The Kier molecular flexibility index (Phi) is 6.41. The van der Waals surface area contributed by atoms with Crippen LogP contribution in [0.2, 0.25) is 0 Å². The van der Waals surface area contributed by atoms with E-state index in [0.717, 1.165) is 23.9 Å². The highest BCUT2D eigenvalue weighted by molar-refractivity contribution is 6.01. The standard InChI is InChI=1S/C34H34N4O4/c1-41-23-11-12-30(31(18-23)42-2)38-21-22(17-32(38)39)33(40)37-15-13-34(14-16-37,26-19-35-28-9-5-3-7-24(26)28)27-20-36-29-10-6-4-8-25(27)29/h3-12,18-20,22,35-36H,13-17,21H2,1-2H3. The molecule has 5 aromatic rings. The number of likely N-dealkylation sites (tertiary alicyclic amines) is 1. The Balaban J connectivity index is 1.16. The smallest absolute Gasteiger partial charge is 0.228 e. The van der Waals surface area contributed by atoms with Crippen LogP contribution in [0.15, 0.2) is 79.1 Å². The molecule has 3 aromatic carbocycles. The van der Waals surface area contributed by atoms with Crippen molar-refractivity contribution in [3.63, 3.8) is 0 Å². The summed E-state index contributed by atoms with van der Waals surface area (Å²) in [6, 6.07) is 22.2. The van der Waals surface area contributed by atoms with E-state index in [0.29, 0.717) is 36.8 Å². The van der Waals surface area contributed by atoms with Gasteiger partial charge in [-0.25, -0.2) is 0 Å². The number of carbonyl (C=O) groups excluding carboxylic acids is 2. The summed E-state index contributed by atoms with van der Waals surface area (Å²) < 4.78 is 10.9. The molecule has 0 bridgehead atoms. The van der Waals surface area contributed by atoms with Crippen molar-refractivity contribution in [2.75, 3.05) is 38.8 Å².